The number of hydrogen-bond donors (Lipinski definition) is 1. The van der Waals surface area contributed by atoms with E-state index in [1.165, 1.54) is 4.90 Å². The standard InChI is InChI=1S/C20H17ClN4O2.C8H6ClN3/c21-17-7-8-22-11-16(17)18-12-24(13-23-18)9-3-4-10-25-19(26)14-5-1-2-6-15(14)20(25)27;9-7-1-2-10-3-6(7)8-4-11-5-12-8/h1-2,5-8,11-13H,3-4,9-10H2;1-5H,(H,11,12). The number of fused-ring (bicyclic) bond motifs is 1. The topological polar surface area (TPSA) is 110 Å². The smallest absolute Gasteiger partial charge is 0.261 e. The van der Waals surface area contributed by atoms with Crippen LogP contribution < -0.4 is 0 Å². The molecule has 0 fully saturated rings. The molecule has 4 aromatic heterocycles. The number of carbonyl (C=O) groups is 2. The Balaban J connectivity index is 0.000000214. The van der Waals surface area contributed by atoms with E-state index in [9.17, 15) is 9.59 Å². The Morgan fingerprint density at radius 2 is 1.38 bits per heavy atom. The van der Waals surface area contributed by atoms with Crippen molar-refractivity contribution in [1.29, 1.82) is 0 Å². The first kappa shape index (κ1) is 26.3. The highest BCUT2D eigenvalue weighted by Crippen LogP contribution is 2.26. The summed E-state index contributed by atoms with van der Waals surface area (Å²) in [6.45, 7) is 1.16. The minimum absolute atomic E-state index is 0.202. The van der Waals surface area contributed by atoms with Gasteiger partial charge in [-0.1, -0.05) is 35.3 Å². The van der Waals surface area contributed by atoms with Crippen LogP contribution in [0.2, 0.25) is 10.0 Å². The molecule has 0 aliphatic carbocycles. The molecule has 1 aliphatic rings. The number of nitrogens with one attached hydrogen (secondary N) is 1. The Bertz CT molecular complexity index is 1570. The molecule has 39 heavy (non-hydrogen) atoms. The molecule has 11 heteroatoms. The summed E-state index contributed by atoms with van der Waals surface area (Å²) in [6.07, 6.45) is 15.2. The number of imide groups is 1. The fourth-order valence-electron chi connectivity index (χ4n) is 4.17. The molecule has 196 valence electrons. The van der Waals surface area contributed by atoms with E-state index < -0.39 is 0 Å². The summed E-state index contributed by atoms with van der Waals surface area (Å²) in [5.74, 6) is -0.404. The minimum atomic E-state index is -0.202. The first-order chi connectivity index (χ1) is 19.0. The minimum Gasteiger partial charge on any atom is -0.345 e. The van der Waals surface area contributed by atoms with E-state index in [-0.39, 0.29) is 11.8 Å². The summed E-state index contributed by atoms with van der Waals surface area (Å²) in [4.78, 5) is 45.3. The molecule has 1 aromatic carbocycles. The number of H-pyrrole nitrogens is 1. The largest absolute Gasteiger partial charge is 0.345 e. The second kappa shape index (κ2) is 12.0. The molecule has 1 aliphatic heterocycles. The molecule has 5 heterocycles. The number of pyridine rings is 2. The van der Waals surface area contributed by atoms with E-state index in [1.807, 2.05) is 10.8 Å². The molecule has 1 N–H and O–H groups in total. The Morgan fingerprint density at radius 3 is 2.00 bits per heavy atom. The van der Waals surface area contributed by atoms with Gasteiger partial charge in [0.15, 0.2) is 0 Å². The zero-order valence-electron chi connectivity index (χ0n) is 20.7. The van der Waals surface area contributed by atoms with E-state index in [0.29, 0.717) is 27.7 Å². The van der Waals surface area contributed by atoms with Crippen molar-refractivity contribution in [1.82, 2.24) is 34.4 Å². The molecular weight excluding hydrogens is 537 g/mol. The van der Waals surface area contributed by atoms with E-state index in [4.69, 9.17) is 23.2 Å². The van der Waals surface area contributed by atoms with E-state index >= 15 is 0 Å². The van der Waals surface area contributed by atoms with Gasteiger partial charge in [0.25, 0.3) is 11.8 Å². The average Bonchev–Trinajstić information content (AvgIpc) is 3.70. The highest BCUT2D eigenvalue weighted by molar-refractivity contribution is 6.33. The zero-order valence-corrected chi connectivity index (χ0v) is 22.2. The number of benzene rings is 1. The number of aromatic nitrogens is 6. The first-order valence-corrected chi connectivity index (χ1v) is 12.9. The van der Waals surface area contributed by atoms with Gasteiger partial charge < -0.3 is 9.55 Å². The van der Waals surface area contributed by atoms with Gasteiger partial charge in [0.05, 0.1) is 51.4 Å². The van der Waals surface area contributed by atoms with E-state index in [2.05, 4.69) is 24.9 Å². The molecule has 0 spiro atoms. The van der Waals surface area contributed by atoms with Gasteiger partial charge >= 0.3 is 0 Å². The third-order valence-electron chi connectivity index (χ3n) is 6.16. The van der Waals surface area contributed by atoms with Gasteiger partial charge in [-0.25, -0.2) is 9.97 Å². The molecule has 2 amide bonds. The van der Waals surface area contributed by atoms with Gasteiger partial charge in [-0.3, -0.25) is 24.5 Å². The van der Waals surface area contributed by atoms with Crippen LogP contribution in [0.1, 0.15) is 33.6 Å². The summed E-state index contributed by atoms with van der Waals surface area (Å²) in [6, 6.07) is 10.4. The van der Waals surface area contributed by atoms with Crippen molar-refractivity contribution < 1.29 is 9.59 Å². The molecule has 9 nitrogen and oxygen atoms in total. The van der Waals surface area contributed by atoms with Gasteiger partial charge in [0.1, 0.15) is 0 Å². The summed E-state index contributed by atoms with van der Waals surface area (Å²) in [5.41, 5.74) is 4.31. The number of nitrogens with zero attached hydrogens (tertiary/aromatic N) is 6. The number of halogens is 2. The maximum Gasteiger partial charge on any atom is 0.261 e. The van der Waals surface area contributed by atoms with Crippen LogP contribution in [-0.4, -0.2) is 52.7 Å². The number of aromatic amines is 1. The summed E-state index contributed by atoms with van der Waals surface area (Å²) in [7, 11) is 0. The molecular formula is C28H23Cl2N7O2. The van der Waals surface area contributed by atoms with Gasteiger partial charge in [0, 0.05) is 55.2 Å². The van der Waals surface area contributed by atoms with Crippen LogP contribution in [0.5, 0.6) is 0 Å². The summed E-state index contributed by atoms with van der Waals surface area (Å²) < 4.78 is 1.97. The Kier molecular flexibility index (Phi) is 8.10. The maximum absolute atomic E-state index is 12.3. The predicted octanol–water partition coefficient (Wildman–Crippen LogP) is 5.80. The number of hydrogen-bond acceptors (Lipinski definition) is 6. The Labute approximate surface area is 234 Å². The first-order valence-electron chi connectivity index (χ1n) is 12.2. The van der Waals surface area contributed by atoms with Crippen molar-refractivity contribution in [3.05, 3.63) is 107 Å². The van der Waals surface area contributed by atoms with E-state index in [1.54, 1.807) is 80.0 Å². The summed E-state index contributed by atoms with van der Waals surface area (Å²) in [5, 5.41) is 1.29. The highest BCUT2D eigenvalue weighted by Gasteiger charge is 2.34. The monoisotopic (exact) mass is 559 g/mol. The third-order valence-corrected chi connectivity index (χ3v) is 6.82. The third kappa shape index (κ3) is 5.89. The van der Waals surface area contributed by atoms with Crippen LogP contribution in [0, 0.1) is 0 Å². The van der Waals surface area contributed by atoms with Crippen LogP contribution in [0.25, 0.3) is 22.5 Å². The fraction of sp³-hybridized carbons (Fsp3) is 0.143. The molecule has 0 unspecified atom stereocenters. The van der Waals surface area contributed by atoms with Gasteiger partial charge in [-0.2, -0.15) is 0 Å². The van der Waals surface area contributed by atoms with Crippen molar-refractivity contribution in [2.24, 2.45) is 0 Å². The zero-order chi connectivity index (χ0) is 27.2. The summed E-state index contributed by atoms with van der Waals surface area (Å²) >= 11 is 12.1. The van der Waals surface area contributed by atoms with Crippen LogP contribution in [0.15, 0.2) is 86.2 Å². The lowest BCUT2D eigenvalue weighted by atomic mass is 10.1. The lowest BCUT2D eigenvalue weighted by Crippen LogP contribution is -2.30. The Hall–Kier alpha value is -4.34. The Morgan fingerprint density at radius 1 is 0.744 bits per heavy atom. The number of unbranched alkanes of at least 4 members (excludes halogenated alkanes) is 1. The van der Waals surface area contributed by atoms with Crippen molar-refractivity contribution in [3.8, 4) is 22.5 Å². The SMILES string of the molecule is Clc1ccncc1-c1cnc[nH]1.O=C1c2ccccc2C(=O)N1CCCCn1cnc(-c2cnccc2Cl)c1. The molecule has 0 bridgehead atoms. The quantitative estimate of drug-likeness (QED) is 0.199. The second-order valence-corrected chi connectivity index (χ2v) is 9.50. The maximum atomic E-state index is 12.3. The lowest BCUT2D eigenvalue weighted by molar-refractivity contribution is 0.0651. The number of amides is 2. The number of carbonyl (C=O) groups excluding carboxylic acids is 2. The fourth-order valence-corrected chi connectivity index (χ4v) is 4.58. The highest BCUT2D eigenvalue weighted by atomic mass is 35.5. The normalized spacial score (nSPS) is 12.3. The lowest BCUT2D eigenvalue weighted by Gasteiger charge is -2.13. The van der Waals surface area contributed by atoms with Gasteiger partial charge in [-0.15, -0.1) is 0 Å². The van der Waals surface area contributed by atoms with Crippen LogP contribution in [0.3, 0.4) is 0 Å². The molecule has 5 aromatic rings. The molecule has 0 saturated heterocycles. The molecule has 0 radical (unpaired) electrons. The predicted molar refractivity (Wildman–Crippen MR) is 148 cm³/mol. The van der Waals surface area contributed by atoms with E-state index in [0.717, 1.165) is 41.9 Å². The number of rotatable bonds is 7. The van der Waals surface area contributed by atoms with Gasteiger partial charge in [0.2, 0.25) is 0 Å². The average molecular weight is 560 g/mol. The molecule has 6 rings (SSSR count). The van der Waals surface area contributed by atoms with Gasteiger partial charge in [-0.05, 0) is 37.1 Å². The van der Waals surface area contributed by atoms with Crippen molar-refractivity contribution in [3.63, 3.8) is 0 Å². The number of aryl methyl sites for hydroxylation is 1. The van der Waals surface area contributed by atoms with Crippen molar-refractivity contribution in [2.75, 3.05) is 6.54 Å². The second-order valence-electron chi connectivity index (χ2n) is 8.69. The van der Waals surface area contributed by atoms with Crippen LogP contribution in [-0.2, 0) is 6.54 Å². The van der Waals surface area contributed by atoms with Crippen LogP contribution in [0.4, 0.5) is 0 Å². The molecule has 0 atom stereocenters. The van der Waals surface area contributed by atoms with Crippen molar-refractivity contribution in [2.45, 2.75) is 19.4 Å². The number of imidazole rings is 2. The molecule has 0 saturated carbocycles. The van der Waals surface area contributed by atoms with Crippen LogP contribution >= 0.6 is 23.2 Å². The van der Waals surface area contributed by atoms with Crippen molar-refractivity contribution >= 4 is 35.0 Å².